The average molecular weight is 705 g/mol. The zero-order valence-electron chi connectivity index (χ0n) is 30.1. The van der Waals surface area contributed by atoms with Crippen LogP contribution < -0.4 is 16.0 Å². The summed E-state index contributed by atoms with van der Waals surface area (Å²) in [5.74, 6) is -0.169. The van der Waals surface area contributed by atoms with Crippen LogP contribution in [0.2, 0.25) is 0 Å². The largest absolute Gasteiger partial charge is 0.383 e. The van der Waals surface area contributed by atoms with E-state index in [-0.39, 0.29) is 36.2 Å². The second kappa shape index (κ2) is 14.2. The Balaban J connectivity index is 1.06. The van der Waals surface area contributed by atoms with Crippen LogP contribution in [0.1, 0.15) is 97.0 Å². The number of halogens is 1. The molecule has 4 unspecified atom stereocenters. The number of hydrogen-bond acceptors (Lipinski definition) is 9. The van der Waals surface area contributed by atoms with E-state index < -0.39 is 24.0 Å². The van der Waals surface area contributed by atoms with E-state index in [1.165, 1.54) is 6.07 Å². The zero-order valence-corrected chi connectivity index (χ0v) is 30.1. The molecule has 7 rings (SSSR count). The van der Waals surface area contributed by atoms with Crippen molar-refractivity contribution < 1.29 is 23.6 Å². The Hall–Kier alpha value is -5.05. The molecule has 10 nitrogen and oxygen atoms in total. The molecule has 2 fully saturated rings. The second-order valence-corrected chi connectivity index (χ2v) is 14.8. The van der Waals surface area contributed by atoms with Crippen LogP contribution in [-0.2, 0) is 21.5 Å². The molecule has 1 saturated heterocycles. The molecule has 3 heterocycles. The minimum atomic E-state index is -1.07. The number of hydrogen-bond donors (Lipinski definition) is 4. The quantitative estimate of drug-likeness (QED) is 0.112. The maximum atomic E-state index is 15.3. The van der Waals surface area contributed by atoms with Crippen molar-refractivity contribution in [3.63, 3.8) is 0 Å². The highest BCUT2D eigenvalue weighted by atomic mass is 19.1. The van der Waals surface area contributed by atoms with Crippen molar-refractivity contribution in [2.24, 2.45) is 5.92 Å². The number of rotatable bonds is 12. The molecule has 2 amide bonds. The van der Waals surface area contributed by atoms with Crippen LogP contribution in [0.25, 0.3) is 11.1 Å². The maximum absolute atomic E-state index is 15.3. The van der Waals surface area contributed by atoms with Crippen LogP contribution in [0.15, 0.2) is 59.1 Å². The predicted octanol–water partition coefficient (Wildman–Crippen LogP) is 7.25. The third-order valence-electron chi connectivity index (χ3n) is 11.1. The Morgan fingerprint density at radius 2 is 1.90 bits per heavy atom. The highest BCUT2D eigenvalue weighted by molar-refractivity contribution is 6.00. The number of carbonyl (C=O) groups excluding carboxylic acids is 2. The number of nitriles is 1. The fourth-order valence-corrected chi connectivity index (χ4v) is 7.87. The third kappa shape index (κ3) is 6.93. The summed E-state index contributed by atoms with van der Waals surface area (Å²) < 4.78 is 20.8. The van der Waals surface area contributed by atoms with E-state index in [1.807, 2.05) is 13.8 Å². The molecule has 0 bridgehead atoms. The summed E-state index contributed by atoms with van der Waals surface area (Å²) in [5.41, 5.74) is 8.38. The van der Waals surface area contributed by atoms with Crippen molar-refractivity contribution in [2.75, 3.05) is 17.2 Å². The topological polar surface area (TPSA) is 144 Å². The lowest BCUT2D eigenvalue weighted by molar-refractivity contribution is -0.141. The number of nitrogens with zero attached hydrogens (tertiary/aromatic N) is 3. The third-order valence-corrected chi connectivity index (χ3v) is 11.1. The summed E-state index contributed by atoms with van der Waals surface area (Å²) >= 11 is 0. The Labute approximate surface area is 303 Å². The van der Waals surface area contributed by atoms with E-state index in [9.17, 15) is 20.0 Å². The number of aromatic nitrogens is 1. The summed E-state index contributed by atoms with van der Waals surface area (Å²) in [6.45, 7) is 8.92. The van der Waals surface area contributed by atoms with E-state index in [1.54, 1.807) is 11.0 Å². The van der Waals surface area contributed by atoms with Gasteiger partial charge in [0.15, 0.2) is 0 Å². The molecule has 0 spiro atoms. The number of amides is 2. The number of aryl methyl sites for hydroxylation is 3. The first-order chi connectivity index (χ1) is 25.0. The highest BCUT2D eigenvalue weighted by Gasteiger charge is 2.45. The number of nitrogens with one attached hydrogen (secondary N) is 3. The molecule has 52 heavy (non-hydrogen) atoms. The van der Waals surface area contributed by atoms with Crippen LogP contribution in [0.3, 0.4) is 0 Å². The molecule has 3 aromatic carbocycles. The number of carbonyl (C=O) groups is 2. The minimum absolute atomic E-state index is 0.0442. The lowest BCUT2D eigenvalue weighted by Gasteiger charge is -2.31. The molecule has 0 radical (unpaired) electrons. The Morgan fingerprint density at radius 3 is 2.58 bits per heavy atom. The van der Waals surface area contributed by atoms with Gasteiger partial charge < -0.3 is 20.3 Å². The normalized spacial score (nSPS) is 20.5. The van der Waals surface area contributed by atoms with Crippen LogP contribution in [-0.4, -0.2) is 39.6 Å². The molecule has 11 heteroatoms. The van der Waals surface area contributed by atoms with Crippen molar-refractivity contribution in [3.8, 4) is 17.2 Å². The van der Waals surface area contributed by atoms with E-state index >= 15 is 4.39 Å². The Kier molecular flexibility index (Phi) is 9.63. The minimum Gasteiger partial charge on any atom is -0.383 e. The monoisotopic (exact) mass is 704 g/mol. The van der Waals surface area contributed by atoms with Crippen LogP contribution in [0.4, 0.5) is 15.8 Å². The maximum Gasteiger partial charge on any atom is 0.244 e. The average Bonchev–Trinajstić information content (AvgIpc) is 3.77. The number of aliphatic hydroxyl groups excluding tert-OH is 1. The van der Waals surface area contributed by atoms with Gasteiger partial charge in [-0.05, 0) is 117 Å². The van der Waals surface area contributed by atoms with Gasteiger partial charge in [0.05, 0.1) is 34.9 Å². The summed E-state index contributed by atoms with van der Waals surface area (Å²) in [5, 5.41) is 34.4. The summed E-state index contributed by atoms with van der Waals surface area (Å²) in [6, 6.07) is 19.6. The van der Waals surface area contributed by atoms with Crippen molar-refractivity contribution in [1.82, 2.24) is 15.4 Å². The van der Waals surface area contributed by atoms with E-state index in [4.69, 9.17) is 4.52 Å². The molecule has 1 aliphatic carbocycles. The highest BCUT2D eigenvalue weighted by Crippen LogP contribution is 2.48. The lowest BCUT2D eigenvalue weighted by Crippen LogP contribution is -2.51. The number of benzene rings is 3. The van der Waals surface area contributed by atoms with Gasteiger partial charge in [0.1, 0.15) is 17.8 Å². The summed E-state index contributed by atoms with van der Waals surface area (Å²) in [4.78, 5) is 25.7. The fraction of sp³-hybridized carbons (Fsp3) is 0.415. The Bertz CT molecular complexity index is 2030. The van der Waals surface area contributed by atoms with Gasteiger partial charge >= 0.3 is 0 Å². The molecule has 1 aromatic heterocycles. The van der Waals surface area contributed by atoms with Crippen LogP contribution in [0, 0.1) is 43.8 Å². The first-order valence-electron chi connectivity index (χ1n) is 18.1. The van der Waals surface area contributed by atoms with E-state index in [2.05, 4.69) is 83.5 Å². The molecule has 4 atom stereocenters. The van der Waals surface area contributed by atoms with E-state index in [0.717, 1.165) is 70.6 Å². The number of fused-ring (bicyclic) bond motifs is 1. The first kappa shape index (κ1) is 35.4. The van der Waals surface area contributed by atoms with Gasteiger partial charge in [-0.15, -0.1) is 0 Å². The number of imide groups is 1. The predicted molar refractivity (Wildman–Crippen MR) is 195 cm³/mol. The van der Waals surface area contributed by atoms with Gasteiger partial charge in [-0.3, -0.25) is 19.8 Å². The summed E-state index contributed by atoms with van der Waals surface area (Å²) in [6.07, 6.45) is 2.79. The van der Waals surface area contributed by atoms with Gasteiger partial charge in [0.2, 0.25) is 11.8 Å². The second-order valence-electron chi connectivity index (χ2n) is 14.8. The molecular weight excluding hydrogens is 659 g/mol. The lowest BCUT2D eigenvalue weighted by atomic mass is 9.88. The zero-order chi connectivity index (χ0) is 36.7. The molecule has 4 aromatic rings. The number of piperidine rings is 1. The molecule has 270 valence electrons. The van der Waals surface area contributed by atoms with Crippen molar-refractivity contribution >= 4 is 23.2 Å². The number of anilines is 2. The summed E-state index contributed by atoms with van der Waals surface area (Å²) in [7, 11) is 0. The number of aliphatic hydroxyl groups is 1. The molecule has 3 aliphatic rings. The smallest absolute Gasteiger partial charge is 0.244 e. The SMILES string of the molecule is Cc1ccc(-c2c(C)noc2C)cc1C(CC(C)CCNc1cc2c(cc1F)CN(C1CCC(=O)NC1=O)C2O)Nc1ccc(C2(C#N)CC2)cc1. The molecule has 4 N–H and O–H groups in total. The van der Waals surface area contributed by atoms with Gasteiger partial charge in [0, 0.05) is 36.3 Å². The van der Waals surface area contributed by atoms with E-state index in [0.29, 0.717) is 29.8 Å². The van der Waals surface area contributed by atoms with Crippen LogP contribution >= 0.6 is 0 Å². The molecular formula is C41H45FN6O4. The first-order valence-corrected chi connectivity index (χ1v) is 18.1. The molecule has 2 aliphatic heterocycles. The van der Waals surface area contributed by atoms with Gasteiger partial charge in [-0.2, -0.15) is 5.26 Å². The van der Waals surface area contributed by atoms with Crippen molar-refractivity contribution in [3.05, 3.63) is 99.7 Å². The van der Waals surface area contributed by atoms with Crippen molar-refractivity contribution in [2.45, 2.75) is 96.5 Å². The standard InChI is InChI=1S/C41H45FN6O4/c1-23(13-16-44-35-20-32-28(19-33(35)42)21-48(40(32)51)36-11-12-37(49)46-39(36)50)17-34(45-30-9-7-29(8-10-30)41(22-43)14-15-41)31-18-27(6-5-24(31)2)38-25(3)47-52-26(38)4/h5-10,18-20,23,34,36,40,44-45,51H,11-17,21H2,1-4H3,(H,46,49,50). The Morgan fingerprint density at radius 1 is 1.13 bits per heavy atom. The van der Waals surface area contributed by atoms with Gasteiger partial charge in [0.25, 0.3) is 0 Å². The fourth-order valence-electron chi connectivity index (χ4n) is 7.87. The van der Waals surface area contributed by atoms with Crippen LogP contribution in [0.5, 0.6) is 0 Å². The van der Waals surface area contributed by atoms with Gasteiger partial charge in [-0.25, -0.2) is 4.39 Å². The van der Waals surface area contributed by atoms with Crippen molar-refractivity contribution in [1.29, 1.82) is 5.26 Å². The van der Waals surface area contributed by atoms with Gasteiger partial charge in [-0.1, -0.05) is 36.3 Å². The molecule has 1 saturated carbocycles.